The second kappa shape index (κ2) is 5.24. The third-order valence-electron chi connectivity index (χ3n) is 3.37. The highest BCUT2D eigenvalue weighted by Gasteiger charge is 2.28. The van der Waals surface area contributed by atoms with Crippen LogP contribution in [0.5, 0.6) is 0 Å². The van der Waals surface area contributed by atoms with Crippen molar-refractivity contribution in [3.8, 4) is 0 Å². The molecular formula is C15H15N5O. The zero-order valence-electron chi connectivity index (χ0n) is 11.5. The maximum Gasteiger partial charge on any atom is 0.248 e. The van der Waals surface area contributed by atoms with Crippen molar-refractivity contribution in [2.75, 3.05) is 5.32 Å². The quantitative estimate of drug-likeness (QED) is 0.897. The van der Waals surface area contributed by atoms with Gasteiger partial charge in [0.25, 0.3) is 0 Å². The van der Waals surface area contributed by atoms with Gasteiger partial charge in [0.2, 0.25) is 11.9 Å². The van der Waals surface area contributed by atoms with Gasteiger partial charge in [-0.3, -0.25) is 4.79 Å². The molecule has 1 unspecified atom stereocenters. The molecule has 2 aromatic rings. The standard InChI is InChI=1S/C15H15N5O/c1-10-13(14(16)21)12(20-15(19-10)17-9-18-20)8-7-11-5-3-2-4-6-11/h2-9,12H,1H3,(H2,16,21)(H,17,18,19)/b8-7+. The molecule has 1 aliphatic heterocycles. The number of nitrogens with two attached hydrogens (primary N) is 1. The van der Waals surface area contributed by atoms with Gasteiger partial charge in [0.1, 0.15) is 12.4 Å². The van der Waals surface area contributed by atoms with Crippen LogP contribution in [0.25, 0.3) is 6.08 Å². The average Bonchev–Trinajstić information content (AvgIpc) is 2.93. The van der Waals surface area contributed by atoms with E-state index in [0.717, 1.165) is 5.56 Å². The fraction of sp³-hybridized carbons (Fsp3) is 0.133. The molecule has 0 bridgehead atoms. The van der Waals surface area contributed by atoms with E-state index in [1.807, 2.05) is 49.4 Å². The van der Waals surface area contributed by atoms with Gasteiger partial charge < -0.3 is 11.1 Å². The van der Waals surface area contributed by atoms with E-state index in [1.54, 1.807) is 4.68 Å². The minimum absolute atomic E-state index is 0.360. The highest BCUT2D eigenvalue weighted by molar-refractivity contribution is 5.95. The molecule has 1 aliphatic rings. The summed E-state index contributed by atoms with van der Waals surface area (Å²) < 4.78 is 1.65. The van der Waals surface area contributed by atoms with Gasteiger partial charge in [-0.2, -0.15) is 10.1 Å². The van der Waals surface area contributed by atoms with Crippen LogP contribution in [0.1, 0.15) is 18.5 Å². The van der Waals surface area contributed by atoms with Gasteiger partial charge in [-0.1, -0.05) is 42.5 Å². The van der Waals surface area contributed by atoms with Crippen molar-refractivity contribution in [2.24, 2.45) is 5.73 Å². The van der Waals surface area contributed by atoms with E-state index in [-0.39, 0.29) is 6.04 Å². The molecule has 1 aromatic carbocycles. The third kappa shape index (κ3) is 2.43. The number of amides is 1. The number of nitrogens with one attached hydrogen (secondary N) is 1. The number of fused-ring (bicyclic) bond motifs is 1. The smallest absolute Gasteiger partial charge is 0.248 e. The number of carbonyl (C=O) groups is 1. The minimum atomic E-state index is -0.469. The number of rotatable bonds is 3. The normalized spacial score (nSPS) is 17.7. The van der Waals surface area contributed by atoms with E-state index in [4.69, 9.17) is 5.73 Å². The Bertz CT molecular complexity index is 730. The van der Waals surface area contributed by atoms with Gasteiger partial charge in [0.05, 0.1) is 5.57 Å². The van der Waals surface area contributed by atoms with Crippen molar-refractivity contribution in [1.29, 1.82) is 0 Å². The van der Waals surface area contributed by atoms with E-state index in [1.165, 1.54) is 6.33 Å². The Morgan fingerprint density at radius 3 is 2.86 bits per heavy atom. The second-order valence-corrected chi connectivity index (χ2v) is 4.77. The first-order valence-electron chi connectivity index (χ1n) is 6.57. The molecule has 0 spiro atoms. The molecule has 3 N–H and O–H groups in total. The molecule has 0 saturated carbocycles. The molecule has 0 radical (unpaired) electrons. The van der Waals surface area contributed by atoms with Crippen molar-refractivity contribution < 1.29 is 4.79 Å². The summed E-state index contributed by atoms with van der Waals surface area (Å²) in [5.41, 5.74) is 7.74. The molecule has 2 heterocycles. The van der Waals surface area contributed by atoms with Crippen molar-refractivity contribution >= 4 is 17.9 Å². The first-order valence-corrected chi connectivity index (χ1v) is 6.57. The Morgan fingerprint density at radius 2 is 2.14 bits per heavy atom. The Kier molecular flexibility index (Phi) is 3.27. The summed E-state index contributed by atoms with van der Waals surface area (Å²) in [6, 6.07) is 9.48. The fourth-order valence-corrected chi connectivity index (χ4v) is 2.40. The van der Waals surface area contributed by atoms with Crippen LogP contribution in [0, 0.1) is 0 Å². The number of hydrogen-bond donors (Lipinski definition) is 2. The zero-order chi connectivity index (χ0) is 14.8. The monoisotopic (exact) mass is 281 g/mol. The minimum Gasteiger partial charge on any atom is -0.366 e. The van der Waals surface area contributed by atoms with E-state index in [2.05, 4.69) is 15.4 Å². The number of allylic oxidation sites excluding steroid dienone is 2. The number of primary amides is 1. The molecule has 6 heteroatoms. The summed E-state index contributed by atoms with van der Waals surface area (Å²) in [6.07, 6.45) is 5.29. The van der Waals surface area contributed by atoms with Gasteiger partial charge in [-0.15, -0.1) is 0 Å². The third-order valence-corrected chi connectivity index (χ3v) is 3.37. The lowest BCUT2D eigenvalue weighted by Crippen LogP contribution is -2.30. The highest BCUT2D eigenvalue weighted by atomic mass is 16.1. The lowest BCUT2D eigenvalue weighted by Gasteiger charge is -2.25. The summed E-state index contributed by atoms with van der Waals surface area (Å²) in [7, 11) is 0. The van der Waals surface area contributed by atoms with Crippen molar-refractivity contribution in [2.45, 2.75) is 13.0 Å². The van der Waals surface area contributed by atoms with Crippen LogP contribution in [-0.4, -0.2) is 20.7 Å². The lowest BCUT2D eigenvalue weighted by molar-refractivity contribution is -0.115. The predicted octanol–water partition coefficient (Wildman–Crippen LogP) is 1.72. The molecule has 3 rings (SSSR count). The number of aromatic nitrogens is 3. The summed E-state index contributed by atoms with van der Waals surface area (Å²) in [5.74, 6) is 0.129. The van der Waals surface area contributed by atoms with E-state index >= 15 is 0 Å². The summed E-state index contributed by atoms with van der Waals surface area (Å²) in [6.45, 7) is 1.81. The maximum atomic E-state index is 11.7. The topological polar surface area (TPSA) is 85.8 Å². The van der Waals surface area contributed by atoms with Gasteiger partial charge >= 0.3 is 0 Å². The van der Waals surface area contributed by atoms with Gasteiger partial charge in [-0.25, -0.2) is 4.68 Å². The number of hydrogen-bond acceptors (Lipinski definition) is 4. The van der Waals surface area contributed by atoms with E-state index in [0.29, 0.717) is 17.2 Å². The van der Waals surface area contributed by atoms with E-state index < -0.39 is 5.91 Å². The molecule has 6 nitrogen and oxygen atoms in total. The summed E-state index contributed by atoms with van der Waals surface area (Å²) >= 11 is 0. The van der Waals surface area contributed by atoms with Gasteiger partial charge in [-0.05, 0) is 12.5 Å². The van der Waals surface area contributed by atoms with Crippen LogP contribution in [0.15, 0.2) is 54.0 Å². The number of anilines is 1. The van der Waals surface area contributed by atoms with Crippen LogP contribution >= 0.6 is 0 Å². The maximum absolute atomic E-state index is 11.7. The Hall–Kier alpha value is -2.89. The summed E-state index contributed by atoms with van der Waals surface area (Å²) in [5, 5.41) is 7.20. The van der Waals surface area contributed by atoms with Crippen molar-refractivity contribution in [1.82, 2.24) is 14.8 Å². The average molecular weight is 281 g/mol. The molecule has 1 aromatic heterocycles. The van der Waals surface area contributed by atoms with Crippen LogP contribution in [-0.2, 0) is 4.79 Å². The SMILES string of the molecule is CC1=C(C(N)=O)C(/C=C/c2ccccc2)n2ncnc2N1. The first-order chi connectivity index (χ1) is 10.2. The first kappa shape index (κ1) is 13.1. The zero-order valence-corrected chi connectivity index (χ0v) is 11.5. The molecule has 0 fully saturated rings. The second-order valence-electron chi connectivity index (χ2n) is 4.77. The van der Waals surface area contributed by atoms with Crippen LogP contribution in [0.4, 0.5) is 5.95 Å². The highest BCUT2D eigenvalue weighted by Crippen LogP contribution is 2.30. The molecule has 1 atom stereocenters. The van der Waals surface area contributed by atoms with E-state index in [9.17, 15) is 4.79 Å². The molecular weight excluding hydrogens is 266 g/mol. The molecule has 0 aliphatic carbocycles. The largest absolute Gasteiger partial charge is 0.366 e. The Balaban J connectivity index is 2.02. The number of nitrogens with zero attached hydrogens (tertiary/aromatic N) is 3. The van der Waals surface area contributed by atoms with Gasteiger partial charge in [0.15, 0.2) is 0 Å². The Labute approximate surface area is 122 Å². The summed E-state index contributed by atoms with van der Waals surface area (Å²) in [4.78, 5) is 15.9. The molecule has 106 valence electrons. The van der Waals surface area contributed by atoms with Crippen molar-refractivity contribution in [3.63, 3.8) is 0 Å². The Morgan fingerprint density at radius 1 is 1.38 bits per heavy atom. The molecule has 21 heavy (non-hydrogen) atoms. The van der Waals surface area contributed by atoms with Crippen LogP contribution < -0.4 is 11.1 Å². The van der Waals surface area contributed by atoms with Gasteiger partial charge in [0, 0.05) is 5.70 Å². The van der Waals surface area contributed by atoms with Crippen molar-refractivity contribution in [3.05, 3.63) is 59.6 Å². The molecule has 1 amide bonds. The lowest BCUT2D eigenvalue weighted by atomic mass is 10.0. The molecule has 0 saturated heterocycles. The predicted molar refractivity (Wildman–Crippen MR) is 80.1 cm³/mol. The number of benzene rings is 1. The number of carbonyl (C=O) groups excluding carboxylic acids is 1. The van der Waals surface area contributed by atoms with Crippen LogP contribution in [0.3, 0.4) is 0 Å². The fourth-order valence-electron chi connectivity index (χ4n) is 2.40. The van der Waals surface area contributed by atoms with Crippen LogP contribution in [0.2, 0.25) is 0 Å².